The Morgan fingerprint density at radius 1 is 1.06 bits per heavy atom. The standard InChI is InChI=1S/C23H25FN4O3/c1-15-21(16(2)31-26-15)14-27-13-20(12-25-27)28-22(29)11-18(23(28)30)6-4-3-5-17-7-9-19(24)10-8-17/h7-13,29-30H,3-6,14H2,1-2H3. The SMILES string of the molecule is Cc1noc(C)c1Cn1cc(-n2c(O)cc(CCCCc3ccc(F)cc3)c2O)cn1. The van der Waals surface area contributed by atoms with Crippen LogP contribution in [0.1, 0.15) is 41.0 Å². The van der Waals surface area contributed by atoms with E-state index in [1.165, 1.54) is 16.7 Å². The Balaban J connectivity index is 1.41. The number of aromatic nitrogens is 4. The van der Waals surface area contributed by atoms with Gasteiger partial charge in [0.1, 0.15) is 11.6 Å². The molecule has 0 saturated heterocycles. The van der Waals surface area contributed by atoms with Gasteiger partial charge in [-0.2, -0.15) is 5.10 Å². The van der Waals surface area contributed by atoms with Gasteiger partial charge in [-0.1, -0.05) is 17.3 Å². The summed E-state index contributed by atoms with van der Waals surface area (Å²) in [5, 5.41) is 29.3. The average Bonchev–Trinajstić information content (AvgIpc) is 3.41. The van der Waals surface area contributed by atoms with Crippen LogP contribution >= 0.6 is 0 Å². The molecule has 0 aliphatic carbocycles. The van der Waals surface area contributed by atoms with Crippen molar-refractivity contribution >= 4 is 0 Å². The fourth-order valence-corrected chi connectivity index (χ4v) is 3.72. The van der Waals surface area contributed by atoms with Crippen molar-refractivity contribution in [3.05, 3.63) is 76.7 Å². The first kappa shape index (κ1) is 20.7. The third kappa shape index (κ3) is 4.47. The van der Waals surface area contributed by atoms with Crippen LogP contribution in [0.25, 0.3) is 5.69 Å². The fourth-order valence-electron chi connectivity index (χ4n) is 3.72. The van der Waals surface area contributed by atoms with Crippen LogP contribution in [-0.4, -0.2) is 29.7 Å². The summed E-state index contributed by atoms with van der Waals surface area (Å²) in [5.41, 5.74) is 4.09. The lowest BCUT2D eigenvalue weighted by atomic mass is 10.0. The van der Waals surface area contributed by atoms with E-state index in [0.29, 0.717) is 24.2 Å². The lowest BCUT2D eigenvalue weighted by molar-refractivity contribution is 0.391. The number of aryl methyl sites for hydroxylation is 4. The lowest BCUT2D eigenvalue weighted by Gasteiger charge is -2.05. The molecule has 8 heteroatoms. The molecule has 0 aliphatic rings. The van der Waals surface area contributed by atoms with Crippen LogP contribution in [0.5, 0.6) is 11.8 Å². The van der Waals surface area contributed by atoms with Gasteiger partial charge in [-0.15, -0.1) is 0 Å². The van der Waals surface area contributed by atoms with Crippen molar-refractivity contribution in [1.29, 1.82) is 0 Å². The van der Waals surface area contributed by atoms with Crippen molar-refractivity contribution in [2.24, 2.45) is 0 Å². The minimum absolute atomic E-state index is 0.0103. The molecule has 4 rings (SSSR count). The number of unbranched alkanes of at least 4 members (excludes halogenated alkanes) is 1. The smallest absolute Gasteiger partial charge is 0.202 e. The molecule has 0 amide bonds. The summed E-state index contributed by atoms with van der Waals surface area (Å²) in [4.78, 5) is 0. The Hall–Kier alpha value is -3.55. The summed E-state index contributed by atoms with van der Waals surface area (Å²) in [6.45, 7) is 4.22. The molecule has 0 saturated carbocycles. The molecule has 0 atom stereocenters. The Morgan fingerprint density at radius 3 is 2.52 bits per heavy atom. The Bertz CT molecular complexity index is 1150. The first-order valence-electron chi connectivity index (χ1n) is 10.2. The first-order chi connectivity index (χ1) is 14.9. The van der Waals surface area contributed by atoms with Gasteiger partial charge < -0.3 is 14.7 Å². The largest absolute Gasteiger partial charge is 0.494 e. The lowest BCUT2D eigenvalue weighted by Crippen LogP contribution is -2.02. The van der Waals surface area contributed by atoms with Gasteiger partial charge in [0.15, 0.2) is 5.88 Å². The maximum atomic E-state index is 13.0. The summed E-state index contributed by atoms with van der Waals surface area (Å²) >= 11 is 0. The number of benzene rings is 1. The van der Waals surface area contributed by atoms with Gasteiger partial charge in [0.05, 0.1) is 24.1 Å². The van der Waals surface area contributed by atoms with E-state index in [9.17, 15) is 14.6 Å². The monoisotopic (exact) mass is 424 g/mol. The van der Waals surface area contributed by atoms with Crippen LogP contribution in [0.15, 0.2) is 47.2 Å². The molecular weight excluding hydrogens is 399 g/mol. The minimum atomic E-state index is -0.236. The third-order valence-electron chi connectivity index (χ3n) is 5.49. The highest BCUT2D eigenvalue weighted by atomic mass is 19.1. The zero-order valence-corrected chi connectivity index (χ0v) is 17.5. The number of hydrogen-bond acceptors (Lipinski definition) is 5. The van der Waals surface area contributed by atoms with Crippen LogP contribution in [-0.2, 0) is 19.4 Å². The molecule has 0 unspecified atom stereocenters. The number of nitrogens with zero attached hydrogens (tertiary/aromatic N) is 4. The van der Waals surface area contributed by atoms with Crippen LogP contribution in [0.2, 0.25) is 0 Å². The van der Waals surface area contributed by atoms with Crippen molar-refractivity contribution in [3.63, 3.8) is 0 Å². The summed E-state index contributed by atoms with van der Waals surface area (Å²) in [7, 11) is 0. The normalized spacial score (nSPS) is 11.3. The molecule has 0 spiro atoms. The van der Waals surface area contributed by atoms with Crippen molar-refractivity contribution in [2.45, 2.75) is 46.1 Å². The fraction of sp³-hybridized carbons (Fsp3) is 0.304. The number of hydrogen-bond donors (Lipinski definition) is 2. The molecule has 0 radical (unpaired) electrons. The average molecular weight is 424 g/mol. The highest BCUT2D eigenvalue weighted by Crippen LogP contribution is 2.32. The Morgan fingerprint density at radius 2 is 1.81 bits per heavy atom. The highest BCUT2D eigenvalue weighted by molar-refractivity contribution is 5.45. The molecule has 0 fully saturated rings. The van der Waals surface area contributed by atoms with Crippen LogP contribution < -0.4 is 0 Å². The minimum Gasteiger partial charge on any atom is -0.494 e. The number of rotatable bonds is 8. The van der Waals surface area contributed by atoms with Gasteiger partial charge in [0.2, 0.25) is 5.88 Å². The summed E-state index contributed by atoms with van der Waals surface area (Å²) in [6, 6.07) is 8.08. The molecule has 3 aromatic heterocycles. The van der Waals surface area contributed by atoms with E-state index in [2.05, 4.69) is 10.3 Å². The van der Waals surface area contributed by atoms with E-state index in [1.54, 1.807) is 35.3 Å². The first-order valence-corrected chi connectivity index (χ1v) is 10.2. The van der Waals surface area contributed by atoms with E-state index in [1.807, 2.05) is 13.8 Å². The maximum Gasteiger partial charge on any atom is 0.202 e. The van der Waals surface area contributed by atoms with Crippen molar-refractivity contribution < 1.29 is 19.1 Å². The molecule has 1 aromatic carbocycles. The predicted molar refractivity (Wildman–Crippen MR) is 113 cm³/mol. The molecule has 0 bridgehead atoms. The zero-order chi connectivity index (χ0) is 22.0. The van der Waals surface area contributed by atoms with Crippen LogP contribution in [0.3, 0.4) is 0 Å². The Labute approximate surface area is 179 Å². The summed E-state index contributed by atoms with van der Waals surface area (Å²) in [6.07, 6.45) is 6.54. The molecule has 0 aliphatic heterocycles. The van der Waals surface area contributed by atoms with Gasteiger partial charge in [-0.05, 0) is 57.2 Å². The van der Waals surface area contributed by atoms with Crippen molar-refractivity contribution in [3.8, 4) is 17.4 Å². The highest BCUT2D eigenvalue weighted by Gasteiger charge is 2.17. The van der Waals surface area contributed by atoms with E-state index >= 15 is 0 Å². The molecule has 162 valence electrons. The second-order valence-electron chi connectivity index (χ2n) is 7.72. The van der Waals surface area contributed by atoms with E-state index in [0.717, 1.165) is 41.8 Å². The number of aromatic hydroxyl groups is 2. The van der Waals surface area contributed by atoms with Gasteiger partial charge in [0.25, 0.3) is 0 Å². The topological polar surface area (TPSA) is 89.2 Å². The second kappa shape index (κ2) is 8.67. The van der Waals surface area contributed by atoms with Gasteiger partial charge in [-0.3, -0.25) is 4.68 Å². The third-order valence-corrected chi connectivity index (χ3v) is 5.49. The molecule has 7 nitrogen and oxygen atoms in total. The molecule has 3 heterocycles. The second-order valence-corrected chi connectivity index (χ2v) is 7.72. The predicted octanol–water partition coefficient (Wildman–Crippen LogP) is 4.44. The van der Waals surface area contributed by atoms with Gasteiger partial charge in [-0.25, -0.2) is 8.96 Å². The van der Waals surface area contributed by atoms with Crippen molar-refractivity contribution in [2.75, 3.05) is 0 Å². The van der Waals surface area contributed by atoms with Gasteiger partial charge in [0, 0.05) is 23.4 Å². The van der Waals surface area contributed by atoms with E-state index < -0.39 is 0 Å². The Kier molecular flexibility index (Phi) is 5.79. The molecule has 4 aromatic rings. The molecular formula is C23H25FN4O3. The molecule has 31 heavy (non-hydrogen) atoms. The summed E-state index contributed by atoms with van der Waals surface area (Å²) < 4.78 is 21.3. The number of halogens is 1. The maximum absolute atomic E-state index is 13.0. The zero-order valence-electron chi connectivity index (χ0n) is 17.5. The van der Waals surface area contributed by atoms with Crippen LogP contribution in [0, 0.1) is 19.7 Å². The molecule has 2 N–H and O–H groups in total. The van der Waals surface area contributed by atoms with E-state index in [-0.39, 0.29) is 17.6 Å². The summed E-state index contributed by atoms with van der Waals surface area (Å²) in [5.74, 6) is 0.476. The van der Waals surface area contributed by atoms with Crippen LogP contribution in [0.4, 0.5) is 4.39 Å². The van der Waals surface area contributed by atoms with E-state index in [4.69, 9.17) is 4.52 Å². The quantitative estimate of drug-likeness (QED) is 0.408. The van der Waals surface area contributed by atoms with Crippen molar-refractivity contribution in [1.82, 2.24) is 19.5 Å². The van der Waals surface area contributed by atoms with Gasteiger partial charge >= 0.3 is 0 Å².